The molecule has 0 amide bonds. The van der Waals surface area contributed by atoms with Crippen LogP contribution >= 0.6 is 9.39 Å². The highest BCUT2D eigenvalue weighted by Gasteiger charge is 2.13. The molecule has 1 aromatic rings. The SMILES string of the molecule is Cc1cccc2c1CCN(P)C2. The van der Waals surface area contributed by atoms with Crippen molar-refractivity contribution in [1.82, 2.24) is 4.67 Å². The van der Waals surface area contributed by atoms with Crippen LogP contribution in [0.15, 0.2) is 18.2 Å². The minimum absolute atomic E-state index is 1.08. The summed E-state index contributed by atoms with van der Waals surface area (Å²) >= 11 is 0. The van der Waals surface area contributed by atoms with Gasteiger partial charge in [-0.05, 0) is 30.0 Å². The van der Waals surface area contributed by atoms with Crippen LogP contribution in [0.5, 0.6) is 0 Å². The molecular weight excluding hydrogens is 165 g/mol. The van der Waals surface area contributed by atoms with Gasteiger partial charge in [0, 0.05) is 13.1 Å². The highest BCUT2D eigenvalue weighted by Crippen LogP contribution is 2.23. The van der Waals surface area contributed by atoms with E-state index in [1.54, 1.807) is 5.56 Å². The Morgan fingerprint density at radius 2 is 2.25 bits per heavy atom. The van der Waals surface area contributed by atoms with Gasteiger partial charge in [-0.25, -0.2) is 0 Å². The van der Waals surface area contributed by atoms with E-state index in [9.17, 15) is 0 Å². The molecule has 1 aromatic carbocycles. The standard InChI is InChI=1S/C10H14NP/c1-8-3-2-4-9-7-11(12)6-5-10(8)9/h2-4H,5-7,12H2,1H3. The van der Waals surface area contributed by atoms with Gasteiger partial charge in [-0.3, -0.25) is 4.67 Å². The molecule has 2 heteroatoms. The fourth-order valence-electron chi connectivity index (χ4n) is 1.82. The number of hydrogen-bond acceptors (Lipinski definition) is 1. The smallest absolute Gasteiger partial charge is 0.0270 e. The Bertz CT molecular complexity index is 296. The molecule has 64 valence electrons. The first-order valence-electron chi connectivity index (χ1n) is 4.34. The summed E-state index contributed by atoms with van der Waals surface area (Å²) in [5.41, 5.74) is 4.51. The zero-order valence-corrected chi connectivity index (χ0v) is 8.53. The monoisotopic (exact) mass is 179 g/mol. The number of fused-ring (bicyclic) bond motifs is 1. The first kappa shape index (κ1) is 8.22. The van der Waals surface area contributed by atoms with Crippen molar-refractivity contribution >= 4 is 9.39 Å². The Labute approximate surface area is 76.0 Å². The fraction of sp³-hybridized carbons (Fsp3) is 0.400. The maximum atomic E-state index is 2.78. The van der Waals surface area contributed by atoms with Crippen molar-refractivity contribution in [3.8, 4) is 0 Å². The van der Waals surface area contributed by atoms with Gasteiger partial charge in [0.25, 0.3) is 0 Å². The number of aryl methyl sites for hydroxylation is 1. The van der Waals surface area contributed by atoms with Gasteiger partial charge in [0.05, 0.1) is 0 Å². The zero-order chi connectivity index (χ0) is 8.55. The lowest BCUT2D eigenvalue weighted by Crippen LogP contribution is -2.22. The van der Waals surface area contributed by atoms with E-state index in [2.05, 4.69) is 39.2 Å². The third-order valence-electron chi connectivity index (χ3n) is 2.53. The highest BCUT2D eigenvalue weighted by molar-refractivity contribution is 7.13. The van der Waals surface area contributed by atoms with Crippen molar-refractivity contribution < 1.29 is 0 Å². The Hall–Kier alpha value is -0.390. The minimum Gasteiger partial charge on any atom is -0.283 e. The van der Waals surface area contributed by atoms with Crippen molar-refractivity contribution in [2.45, 2.75) is 19.9 Å². The van der Waals surface area contributed by atoms with Gasteiger partial charge in [0.1, 0.15) is 0 Å². The zero-order valence-electron chi connectivity index (χ0n) is 7.38. The fourth-order valence-corrected chi connectivity index (χ4v) is 2.15. The van der Waals surface area contributed by atoms with E-state index in [1.807, 2.05) is 0 Å². The van der Waals surface area contributed by atoms with Gasteiger partial charge in [0.2, 0.25) is 0 Å². The van der Waals surface area contributed by atoms with Gasteiger partial charge < -0.3 is 0 Å². The van der Waals surface area contributed by atoms with Gasteiger partial charge in [-0.15, -0.1) is 0 Å². The average molecular weight is 179 g/mol. The lowest BCUT2D eigenvalue weighted by atomic mass is 9.96. The van der Waals surface area contributed by atoms with Crippen LogP contribution in [0.25, 0.3) is 0 Å². The molecule has 1 heterocycles. The molecule has 0 spiro atoms. The van der Waals surface area contributed by atoms with Crippen LogP contribution in [-0.2, 0) is 13.0 Å². The van der Waals surface area contributed by atoms with E-state index >= 15 is 0 Å². The van der Waals surface area contributed by atoms with Crippen LogP contribution in [0, 0.1) is 6.92 Å². The van der Waals surface area contributed by atoms with E-state index in [-0.39, 0.29) is 0 Å². The molecule has 0 radical (unpaired) electrons. The van der Waals surface area contributed by atoms with Crippen molar-refractivity contribution in [1.29, 1.82) is 0 Å². The lowest BCUT2D eigenvalue weighted by molar-refractivity contribution is 0.442. The minimum atomic E-state index is 1.08. The number of benzene rings is 1. The quantitative estimate of drug-likeness (QED) is 0.551. The first-order chi connectivity index (χ1) is 5.77. The first-order valence-corrected chi connectivity index (χ1v) is 4.86. The Kier molecular flexibility index (Phi) is 2.16. The average Bonchev–Trinajstić information content (AvgIpc) is 2.04. The summed E-state index contributed by atoms with van der Waals surface area (Å²) in [5.74, 6) is 0. The summed E-state index contributed by atoms with van der Waals surface area (Å²) in [4.78, 5) is 0. The third kappa shape index (κ3) is 1.39. The van der Waals surface area contributed by atoms with E-state index in [0.29, 0.717) is 0 Å². The molecule has 1 atom stereocenters. The molecule has 1 nitrogen and oxygen atoms in total. The molecular formula is C10H14NP. The maximum Gasteiger partial charge on any atom is 0.0270 e. The van der Waals surface area contributed by atoms with Crippen molar-refractivity contribution in [3.63, 3.8) is 0 Å². The topological polar surface area (TPSA) is 3.24 Å². The van der Waals surface area contributed by atoms with Gasteiger partial charge >= 0.3 is 0 Å². The number of rotatable bonds is 0. The van der Waals surface area contributed by atoms with Crippen LogP contribution in [0.4, 0.5) is 0 Å². The van der Waals surface area contributed by atoms with E-state index in [0.717, 1.165) is 6.54 Å². The predicted molar refractivity (Wildman–Crippen MR) is 55.0 cm³/mol. The van der Waals surface area contributed by atoms with Crippen LogP contribution in [-0.4, -0.2) is 11.2 Å². The molecule has 1 aliphatic rings. The summed E-state index contributed by atoms with van der Waals surface area (Å²) in [7, 11) is 2.78. The summed E-state index contributed by atoms with van der Waals surface area (Å²) in [5, 5.41) is 0. The maximum absolute atomic E-state index is 2.78. The normalized spacial score (nSPS) is 17.5. The Morgan fingerprint density at radius 1 is 1.42 bits per heavy atom. The molecule has 0 aliphatic carbocycles. The van der Waals surface area contributed by atoms with Crippen molar-refractivity contribution in [2.24, 2.45) is 0 Å². The van der Waals surface area contributed by atoms with E-state index in [1.165, 1.54) is 24.1 Å². The molecule has 0 fully saturated rings. The van der Waals surface area contributed by atoms with E-state index in [4.69, 9.17) is 0 Å². The molecule has 0 saturated carbocycles. The summed E-state index contributed by atoms with van der Waals surface area (Å²) < 4.78 is 2.29. The molecule has 0 N–H and O–H groups in total. The lowest BCUT2D eigenvalue weighted by Gasteiger charge is -2.25. The second kappa shape index (κ2) is 3.16. The predicted octanol–water partition coefficient (Wildman–Crippen LogP) is 2.14. The van der Waals surface area contributed by atoms with Crippen molar-refractivity contribution in [2.75, 3.05) is 6.54 Å². The highest BCUT2D eigenvalue weighted by atomic mass is 31.0. The molecule has 0 bridgehead atoms. The molecule has 0 saturated heterocycles. The second-order valence-corrected chi connectivity index (χ2v) is 4.16. The molecule has 0 aromatic heterocycles. The number of hydrogen-bond donors (Lipinski definition) is 0. The third-order valence-corrected chi connectivity index (χ3v) is 2.97. The summed E-state index contributed by atoms with van der Waals surface area (Å²) in [6.45, 7) is 4.46. The second-order valence-electron chi connectivity index (χ2n) is 3.43. The van der Waals surface area contributed by atoms with Crippen LogP contribution in [0.3, 0.4) is 0 Å². The van der Waals surface area contributed by atoms with Gasteiger partial charge in [-0.1, -0.05) is 27.6 Å². The summed E-state index contributed by atoms with van der Waals surface area (Å²) in [6.07, 6.45) is 1.20. The Morgan fingerprint density at radius 3 is 3.08 bits per heavy atom. The van der Waals surface area contributed by atoms with Gasteiger partial charge in [0.15, 0.2) is 0 Å². The summed E-state index contributed by atoms with van der Waals surface area (Å²) in [6, 6.07) is 6.59. The van der Waals surface area contributed by atoms with Crippen molar-refractivity contribution in [3.05, 3.63) is 34.9 Å². The van der Waals surface area contributed by atoms with Crippen LogP contribution in [0.2, 0.25) is 0 Å². The van der Waals surface area contributed by atoms with Crippen LogP contribution < -0.4 is 0 Å². The largest absolute Gasteiger partial charge is 0.283 e. The molecule has 1 unspecified atom stereocenters. The Balaban J connectivity index is 2.42. The van der Waals surface area contributed by atoms with Crippen LogP contribution in [0.1, 0.15) is 16.7 Å². The molecule has 2 rings (SSSR count). The van der Waals surface area contributed by atoms with E-state index < -0.39 is 0 Å². The number of nitrogens with zero attached hydrogens (tertiary/aromatic N) is 1. The molecule has 1 aliphatic heterocycles. The molecule has 12 heavy (non-hydrogen) atoms. The van der Waals surface area contributed by atoms with Gasteiger partial charge in [-0.2, -0.15) is 0 Å².